The topological polar surface area (TPSA) is 84.1 Å². The van der Waals surface area contributed by atoms with Crippen LogP contribution < -0.4 is 0 Å². The van der Waals surface area contributed by atoms with E-state index in [-0.39, 0.29) is 53.8 Å². The Labute approximate surface area is 195 Å². The SMILES string of the molecule is CN1CCN(C[C@H]2C(=O)O[C@H]3[C@H]2CC[C@]2(C)O[C@H]2CCC2=C[C@H](C[C@@]4(C)O[C@H]34)OC2=O)CC1. The van der Waals surface area contributed by atoms with E-state index >= 15 is 0 Å². The molecule has 0 aromatic rings. The highest BCUT2D eigenvalue weighted by Crippen LogP contribution is 2.52. The molecule has 0 N–H and O–H groups in total. The van der Waals surface area contributed by atoms with Crippen molar-refractivity contribution >= 4 is 11.9 Å². The van der Waals surface area contributed by atoms with Crippen molar-refractivity contribution in [3.05, 3.63) is 11.6 Å². The third-order valence-corrected chi connectivity index (χ3v) is 8.98. The van der Waals surface area contributed by atoms with Gasteiger partial charge in [0.15, 0.2) is 0 Å². The molecule has 8 atom stereocenters. The summed E-state index contributed by atoms with van der Waals surface area (Å²) in [6.07, 6.45) is 5.36. The Morgan fingerprint density at radius 3 is 2.61 bits per heavy atom. The lowest BCUT2D eigenvalue weighted by molar-refractivity contribution is -0.145. The van der Waals surface area contributed by atoms with Crippen LogP contribution in [0.5, 0.6) is 0 Å². The molecule has 0 spiro atoms. The number of epoxide rings is 2. The third kappa shape index (κ3) is 4.03. The second-order valence-electron chi connectivity index (χ2n) is 11.5. The van der Waals surface area contributed by atoms with Gasteiger partial charge in [0.05, 0.1) is 23.2 Å². The van der Waals surface area contributed by atoms with Gasteiger partial charge in [0, 0.05) is 50.6 Å². The number of nitrogens with zero attached hydrogens (tertiary/aromatic N) is 2. The van der Waals surface area contributed by atoms with Crippen LogP contribution in [0.25, 0.3) is 0 Å². The lowest BCUT2D eigenvalue weighted by Gasteiger charge is -2.34. The number of carbonyl (C=O) groups is 2. The highest BCUT2D eigenvalue weighted by atomic mass is 16.7. The van der Waals surface area contributed by atoms with Crippen LogP contribution in [0.15, 0.2) is 11.6 Å². The molecule has 5 heterocycles. The van der Waals surface area contributed by atoms with Crippen molar-refractivity contribution in [3.63, 3.8) is 0 Å². The molecule has 182 valence electrons. The lowest BCUT2D eigenvalue weighted by Crippen LogP contribution is -2.47. The Kier molecular flexibility index (Phi) is 5.18. The predicted molar refractivity (Wildman–Crippen MR) is 118 cm³/mol. The van der Waals surface area contributed by atoms with E-state index in [1.54, 1.807) is 0 Å². The van der Waals surface area contributed by atoms with Gasteiger partial charge in [0.1, 0.15) is 18.3 Å². The maximum Gasteiger partial charge on any atom is 0.334 e. The van der Waals surface area contributed by atoms with Gasteiger partial charge in [-0.05, 0) is 52.7 Å². The number of carbonyl (C=O) groups excluding carboxylic acids is 2. The summed E-state index contributed by atoms with van der Waals surface area (Å²) in [7, 11) is 2.15. The van der Waals surface area contributed by atoms with Crippen LogP contribution in [0.3, 0.4) is 0 Å². The highest BCUT2D eigenvalue weighted by molar-refractivity contribution is 5.90. The van der Waals surface area contributed by atoms with Gasteiger partial charge in [-0.15, -0.1) is 0 Å². The number of likely N-dealkylation sites (N-methyl/N-ethyl adjacent to an activating group) is 1. The maximum absolute atomic E-state index is 13.1. The van der Waals surface area contributed by atoms with E-state index in [1.165, 1.54) is 0 Å². The molecule has 0 radical (unpaired) electrons. The van der Waals surface area contributed by atoms with Crippen molar-refractivity contribution in [2.24, 2.45) is 11.8 Å². The largest absolute Gasteiger partial charge is 0.459 e. The molecule has 6 aliphatic rings. The minimum Gasteiger partial charge on any atom is -0.459 e. The Hall–Kier alpha value is -1.48. The molecule has 8 nitrogen and oxygen atoms in total. The number of fused-ring (bicyclic) bond motifs is 5. The van der Waals surface area contributed by atoms with Gasteiger partial charge in [0.2, 0.25) is 0 Å². The van der Waals surface area contributed by atoms with Crippen molar-refractivity contribution in [2.45, 2.75) is 81.6 Å². The number of hydrogen-bond acceptors (Lipinski definition) is 8. The second kappa shape index (κ2) is 7.77. The van der Waals surface area contributed by atoms with Crippen LogP contribution in [0.1, 0.15) is 46.0 Å². The summed E-state index contributed by atoms with van der Waals surface area (Å²) in [4.78, 5) is 30.2. The van der Waals surface area contributed by atoms with E-state index in [0.717, 1.165) is 57.6 Å². The highest BCUT2D eigenvalue weighted by Gasteiger charge is 2.64. The van der Waals surface area contributed by atoms with Crippen molar-refractivity contribution in [3.8, 4) is 0 Å². The number of rotatable bonds is 2. The lowest BCUT2D eigenvalue weighted by atomic mass is 9.80. The first-order valence-corrected chi connectivity index (χ1v) is 12.6. The zero-order valence-electron chi connectivity index (χ0n) is 20.0. The van der Waals surface area contributed by atoms with Crippen LogP contribution in [0.4, 0.5) is 0 Å². The van der Waals surface area contributed by atoms with E-state index in [2.05, 4.69) is 30.7 Å². The molecule has 0 amide bonds. The van der Waals surface area contributed by atoms with Gasteiger partial charge in [-0.25, -0.2) is 4.79 Å². The molecule has 0 aromatic carbocycles. The summed E-state index contributed by atoms with van der Waals surface area (Å²) in [6.45, 7) is 9.01. The smallest absolute Gasteiger partial charge is 0.334 e. The van der Waals surface area contributed by atoms with E-state index in [9.17, 15) is 9.59 Å². The monoisotopic (exact) mass is 460 g/mol. The van der Waals surface area contributed by atoms with Crippen LogP contribution in [0, 0.1) is 11.8 Å². The molecule has 4 saturated heterocycles. The molecular formula is C25H36N2O6. The fourth-order valence-corrected chi connectivity index (χ4v) is 6.56. The van der Waals surface area contributed by atoms with Crippen LogP contribution in [-0.4, -0.2) is 97.1 Å². The standard InChI is InChI=1S/C25H36N2O6/c1-24-7-6-17-18(14-27-10-8-26(3)9-11-27)23(29)31-20(17)21-25(2,33-21)13-16-12-15(22(28)30-16)4-5-19(24)32-24/h12,16-21H,4-11,13-14H2,1-3H3/t16-,17+,18-,19+,20+,21-,24+,25-/m1/s1. The number of esters is 2. The minimum atomic E-state index is -0.435. The molecule has 0 saturated carbocycles. The van der Waals surface area contributed by atoms with E-state index in [1.807, 2.05) is 6.08 Å². The molecule has 4 fully saturated rings. The molecule has 0 unspecified atom stereocenters. The molecule has 5 aliphatic heterocycles. The summed E-state index contributed by atoms with van der Waals surface area (Å²) >= 11 is 0. The van der Waals surface area contributed by atoms with Gasteiger partial charge in [-0.2, -0.15) is 0 Å². The van der Waals surface area contributed by atoms with Crippen molar-refractivity contribution in [1.29, 1.82) is 0 Å². The van der Waals surface area contributed by atoms with E-state index in [0.29, 0.717) is 12.8 Å². The van der Waals surface area contributed by atoms with E-state index < -0.39 is 5.60 Å². The second-order valence-corrected chi connectivity index (χ2v) is 11.5. The fourth-order valence-electron chi connectivity index (χ4n) is 6.56. The first kappa shape index (κ1) is 22.0. The zero-order valence-corrected chi connectivity index (χ0v) is 20.0. The Morgan fingerprint density at radius 2 is 1.82 bits per heavy atom. The molecule has 6 rings (SSSR count). The normalized spacial score (nSPS) is 48.0. The van der Waals surface area contributed by atoms with Crippen molar-refractivity contribution in [1.82, 2.24) is 9.80 Å². The summed E-state index contributed by atoms with van der Waals surface area (Å²) in [5.41, 5.74) is 0.137. The Morgan fingerprint density at radius 1 is 1.03 bits per heavy atom. The molecule has 1 aliphatic carbocycles. The van der Waals surface area contributed by atoms with Gasteiger partial charge >= 0.3 is 11.9 Å². The molecule has 33 heavy (non-hydrogen) atoms. The Bertz CT molecular complexity index is 869. The summed E-state index contributed by atoms with van der Waals surface area (Å²) in [6, 6.07) is 0. The minimum absolute atomic E-state index is 0.0843. The quantitative estimate of drug-likeness (QED) is 0.453. The number of ether oxygens (including phenoxy) is 4. The molecule has 2 bridgehead atoms. The van der Waals surface area contributed by atoms with Crippen molar-refractivity contribution < 1.29 is 28.5 Å². The summed E-state index contributed by atoms with van der Waals surface area (Å²) in [5.74, 6) is -0.309. The average Bonchev–Trinajstić information content (AvgIpc) is 3.53. The average molecular weight is 461 g/mol. The Balaban J connectivity index is 1.23. The van der Waals surface area contributed by atoms with Crippen LogP contribution >= 0.6 is 0 Å². The fraction of sp³-hybridized carbons (Fsp3) is 0.840. The number of piperazine rings is 1. The van der Waals surface area contributed by atoms with Gasteiger partial charge < -0.3 is 23.8 Å². The van der Waals surface area contributed by atoms with Gasteiger partial charge in [-0.1, -0.05) is 0 Å². The maximum atomic E-state index is 13.1. The van der Waals surface area contributed by atoms with Gasteiger partial charge in [-0.3, -0.25) is 9.69 Å². The molecular weight excluding hydrogens is 424 g/mol. The first-order chi connectivity index (χ1) is 15.7. The predicted octanol–water partition coefficient (Wildman–Crippen LogP) is 1.52. The van der Waals surface area contributed by atoms with Gasteiger partial charge in [0.25, 0.3) is 0 Å². The van der Waals surface area contributed by atoms with E-state index in [4.69, 9.17) is 18.9 Å². The molecule has 8 heteroatoms. The third-order valence-electron chi connectivity index (χ3n) is 8.98. The van der Waals surface area contributed by atoms with Crippen molar-refractivity contribution in [2.75, 3.05) is 39.8 Å². The van der Waals surface area contributed by atoms with Crippen LogP contribution in [0.2, 0.25) is 0 Å². The first-order valence-electron chi connectivity index (χ1n) is 12.6. The summed E-state index contributed by atoms with van der Waals surface area (Å²) < 4.78 is 24.0. The number of hydrogen-bond donors (Lipinski definition) is 0. The summed E-state index contributed by atoms with van der Waals surface area (Å²) in [5, 5.41) is 0. The molecule has 0 aromatic heterocycles. The zero-order chi connectivity index (χ0) is 23.0. The van der Waals surface area contributed by atoms with Crippen LogP contribution in [-0.2, 0) is 28.5 Å².